The molecule has 4 rings (SSSR count). The summed E-state index contributed by atoms with van der Waals surface area (Å²) in [4.78, 5) is 20.6. The van der Waals surface area contributed by atoms with Gasteiger partial charge in [0.05, 0.1) is 22.2 Å². The maximum Gasteiger partial charge on any atom is 0.418 e. The zero-order chi connectivity index (χ0) is 16.9. The smallest absolute Gasteiger partial charge is 0.283 e. The van der Waals surface area contributed by atoms with Crippen LogP contribution in [0.1, 0.15) is 5.56 Å². The van der Waals surface area contributed by atoms with Gasteiger partial charge in [-0.2, -0.15) is 27.8 Å². The second-order valence-corrected chi connectivity index (χ2v) is 5.03. The number of fused-ring (bicyclic) bond motifs is 3. The minimum atomic E-state index is -4.57. The van der Waals surface area contributed by atoms with E-state index in [1.807, 2.05) is 0 Å². The second-order valence-electron chi connectivity index (χ2n) is 5.03. The molecule has 0 aliphatic carbocycles. The Labute approximate surface area is 131 Å². The van der Waals surface area contributed by atoms with Gasteiger partial charge in [-0.05, 0) is 18.2 Å². The van der Waals surface area contributed by atoms with Crippen molar-refractivity contribution in [2.24, 2.45) is 0 Å². The highest BCUT2D eigenvalue weighted by atomic mass is 19.4. The van der Waals surface area contributed by atoms with Gasteiger partial charge in [0.15, 0.2) is 0 Å². The lowest BCUT2D eigenvalue weighted by atomic mass is 10.1. The summed E-state index contributed by atoms with van der Waals surface area (Å²) in [5, 5.41) is 4.11. The lowest BCUT2D eigenvalue weighted by Crippen LogP contribution is -2.22. The summed E-state index contributed by atoms with van der Waals surface area (Å²) >= 11 is 0. The number of rotatable bonds is 1. The third kappa shape index (κ3) is 2.05. The van der Waals surface area contributed by atoms with Gasteiger partial charge in [0.25, 0.3) is 11.3 Å². The molecule has 0 saturated carbocycles. The maximum atomic E-state index is 13.2. The predicted molar refractivity (Wildman–Crippen MR) is 78.9 cm³/mol. The molecule has 9 heteroatoms. The first-order valence-electron chi connectivity index (χ1n) is 6.83. The molecule has 3 heterocycles. The normalized spacial score (nSPS) is 12.1. The number of hydrogen-bond donors (Lipinski definition) is 0. The fraction of sp³-hybridized carbons (Fsp3) is 0.0667. The van der Waals surface area contributed by atoms with Crippen LogP contribution in [0.4, 0.5) is 13.2 Å². The summed E-state index contributed by atoms with van der Waals surface area (Å²) in [5.74, 6) is 0.301. The van der Waals surface area contributed by atoms with Gasteiger partial charge in [0.1, 0.15) is 6.33 Å². The van der Waals surface area contributed by atoms with E-state index in [9.17, 15) is 18.0 Å². The monoisotopic (exact) mass is 331 g/mol. The molecule has 0 N–H and O–H groups in total. The summed E-state index contributed by atoms with van der Waals surface area (Å²) in [6.45, 7) is 0. The summed E-state index contributed by atoms with van der Waals surface area (Å²) in [6.07, 6.45) is -0.712. The zero-order valence-electron chi connectivity index (χ0n) is 11.9. The molecule has 6 nitrogen and oxygen atoms in total. The van der Waals surface area contributed by atoms with Crippen molar-refractivity contribution >= 4 is 16.7 Å². The molecule has 0 atom stereocenters. The van der Waals surface area contributed by atoms with Crippen molar-refractivity contribution in [2.75, 3.05) is 0 Å². The van der Waals surface area contributed by atoms with Crippen molar-refractivity contribution < 1.29 is 13.2 Å². The molecule has 0 amide bonds. The van der Waals surface area contributed by atoms with E-state index in [0.29, 0.717) is 11.3 Å². The molecule has 0 aliphatic heterocycles. The van der Waals surface area contributed by atoms with Crippen LogP contribution in [0.5, 0.6) is 0 Å². The van der Waals surface area contributed by atoms with E-state index in [0.717, 1.165) is 10.6 Å². The molecule has 1 aromatic carbocycles. The first-order valence-corrected chi connectivity index (χ1v) is 6.83. The molecule has 0 radical (unpaired) electrons. The first kappa shape index (κ1) is 14.4. The van der Waals surface area contributed by atoms with Gasteiger partial charge in [-0.3, -0.25) is 9.36 Å². The number of nitrogens with zero attached hydrogens (tertiary/aromatic N) is 5. The van der Waals surface area contributed by atoms with E-state index in [1.54, 1.807) is 0 Å². The fourth-order valence-corrected chi connectivity index (χ4v) is 2.58. The maximum absolute atomic E-state index is 13.2. The summed E-state index contributed by atoms with van der Waals surface area (Å²) in [6, 6.07) is 6.41. The van der Waals surface area contributed by atoms with Crippen molar-refractivity contribution in [2.45, 2.75) is 6.18 Å². The molecule has 0 aliphatic rings. The van der Waals surface area contributed by atoms with E-state index in [2.05, 4.69) is 15.1 Å². The zero-order valence-corrected chi connectivity index (χ0v) is 11.9. The van der Waals surface area contributed by atoms with Gasteiger partial charge >= 0.3 is 6.18 Å². The van der Waals surface area contributed by atoms with E-state index < -0.39 is 17.3 Å². The van der Waals surface area contributed by atoms with Crippen LogP contribution in [-0.4, -0.2) is 24.1 Å². The highest BCUT2D eigenvalue weighted by Crippen LogP contribution is 2.33. The molecule has 0 bridgehead atoms. The Morgan fingerprint density at radius 1 is 1.04 bits per heavy atom. The Balaban J connectivity index is 2.05. The van der Waals surface area contributed by atoms with Crippen LogP contribution in [0.25, 0.3) is 22.4 Å². The number of halogens is 3. The number of alkyl halides is 3. The molecule has 120 valence electrons. The molecular formula is C15H8F3N5O. The average molecular weight is 331 g/mol. The van der Waals surface area contributed by atoms with Gasteiger partial charge in [0.2, 0.25) is 0 Å². The van der Waals surface area contributed by atoms with E-state index in [1.165, 1.54) is 47.5 Å². The third-order valence-electron chi connectivity index (χ3n) is 3.64. The number of hydrogen-bond acceptors (Lipinski definition) is 4. The highest BCUT2D eigenvalue weighted by molar-refractivity contribution is 5.79. The number of para-hydroxylation sites is 1. The van der Waals surface area contributed by atoms with Crippen molar-refractivity contribution in [1.29, 1.82) is 0 Å². The van der Waals surface area contributed by atoms with Gasteiger partial charge in [-0.1, -0.05) is 12.1 Å². The minimum absolute atomic E-state index is 0.146. The van der Waals surface area contributed by atoms with Crippen molar-refractivity contribution in [3.05, 3.63) is 65.0 Å². The fourth-order valence-electron chi connectivity index (χ4n) is 2.58. The molecule has 0 spiro atoms. The Bertz CT molecular complexity index is 1130. The summed E-state index contributed by atoms with van der Waals surface area (Å²) in [7, 11) is 0. The van der Waals surface area contributed by atoms with Crippen LogP contribution in [0, 0.1) is 0 Å². The highest BCUT2D eigenvalue weighted by Gasteiger charge is 2.33. The summed E-state index contributed by atoms with van der Waals surface area (Å²) < 4.78 is 41.9. The standard InChI is InChI=1S/C15H8F3N5O/c16-15(17,18)10-3-1-2-4-12(10)22-6-5-11-9(13(22)24)7-19-14-20-8-21-23(11)14/h1-8H. The predicted octanol–water partition coefficient (Wildman–Crippen LogP) is 2.45. The Morgan fingerprint density at radius 2 is 1.83 bits per heavy atom. The van der Waals surface area contributed by atoms with Crippen molar-refractivity contribution in [1.82, 2.24) is 24.1 Å². The molecule has 0 fully saturated rings. The minimum Gasteiger partial charge on any atom is -0.283 e. The van der Waals surface area contributed by atoms with Gasteiger partial charge in [0, 0.05) is 12.4 Å². The topological polar surface area (TPSA) is 65.1 Å². The Morgan fingerprint density at radius 3 is 2.62 bits per heavy atom. The van der Waals surface area contributed by atoms with Crippen molar-refractivity contribution in [3.8, 4) is 5.69 Å². The van der Waals surface area contributed by atoms with Crippen molar-refractivity contribution in [3.63, 3.8) is 0 Å². The van der Waals surface area contributed by atoms with Gasteiger partial charge in [-0.25, -0.2) is 4.98 Å². The molecule has 4 aromatic rings. The van der Waals surface area contributed by atoms with E-state index in [4.69, 9.17) is 0 Å². The van der Waals surface area contributed by atoms with Crippen LogP contribution in [0.3, 0.4) is 0 Å². The molecule has 3 aromatic heterocycles. The lowest BCUT2D eigenvalue weighted by molar-refractivity contribution is -0.137. The second kappa shape index (κ2) is 4.88. The van der Waals surface area contributed by atoms with Gasteiger partial charge < -0.3 is 0 Å². The average Bonchev–Trinajstić information content (AvgIpc) is 3.03. The lowest BCUT2D eigenvalue weighted by Gasteiger charge is -2.14. The molecular weight excluding hydrogens is 323 g/mol. The van der Waals surface area contributed by atoms with Crippen LogP contribution in [-0.2, 0) is 6.18 Å². The van der Waals surface area contributed by atoms with E-state index in [-0.39, 0.29) is 11.1 Å². The largest absolute Gasteiger partial charge is 0.418 e. The molecule has 24 heavy (non-hydrogen) atoms. The first-order chi connectivity index (χ1) is 11.5. The SMILES string of the molecule is O=c1c2cnc3ncnn3c2ccn1-c1ccccc1C(F)(F)F. The Hall–Kier alpha value is -3.23. The number of aromatic nitrogens is 5. The third-order valence-corrected chi connectivity index (χ3v) is 3.64. The molecule has 0 unspecified atom stereocenters. The molecule has 0 saturated heterocycles. The number of benzene rings is 1. The van der Waals surface area contributed by atoms with E-state index >= 15 is 0 Å². The quantitative estimate of drug-likeness (QED) is 0.537. The number of pyridine rings is 1. The van der Waals surface area contributed by atoms with Crippen LogP contribution in [0.15, 0.2) is 53.8 Å². The van der Waals surface area contributed by atoms with Gasteiger partial charge in [-0.15, -0.1) is 0 Å². The van der Waals surface area contributed by atoms with Crippen LogP contribution in [0.2, 0.25) is 0 Å². The Kier molecular flexibility index (Phi) is 2.92. The summed E-state index contributed by atoms with van der Waals surface area (Å²) in [5.41, 5.74) is -1.32. The van der Waals surface area contributed by atoms with Crippen LogP contribution >= 0.6 is 0 Å². The van der Waals surface area contributed by atoms with Crippen LogP contribution < -0.4 is 5.56 Å².